The van der Waals surface area contributed by atoms with Crippen LogP contribution >= 0.6 is 23.2 Å². The summed E-state index contributed by atoms with van der Waals surface area (Å²) in [5.41, 5.74) is 2.76. The molecule has 76 valence electrons. The first-order chi connectivity index (χ1) is 7.18. The topological polar surface area (TPSA) is 25.8 Å². The number of rotatable bonds is 1. The molecule has 0 radical (unpaired) electrons. The highest BCUT2D eigenvalue weighted by Crippen LogP contribution is 2.28. The van der Waals surface area contributed by atoms with Crippen LogP contribution in [0.15, 0.2) is 30.5 Å². The number of nitrogens with zero attached hydrogens (tertiary/aromatic N) is 2. The number of aryl methyl sites for hydroxylation is 1. The van der Waals surface area contributed by atoms with Gasteiger partial charge in [-0.2, -0.15) is 0 Å². The molecule has 0 unspecified atom stereocenters. The lowest BCUT2D eigenvalue weighted by molar-refractivity contribution is 1.17. The van der Waals surface area contributed by atoms with Gasteiger partial charge in [0.25, 0.3) is 0 Å². The van der Waals surface area contributed by atoms with Crippen LogP contribution in [0.5, 0.6) is 0 Å². The van der Waals surface area contributed by atoms with Gasteiger partial charge in [0, 0.05) is 5.56 Å². The van der Waals surface area contributed by atoms with Gasteiger partial charge in [-0.3, -0.25) is 0 Å². The number of halogens is 2. The fourth-order valence-corrected chi connectivity index (χ4v) is 1.70. The van der Waals surface area contributed by atoms with E-state index in [-0.39, 0.29) is 5.28 Å². The van der Waals surface area contributed by atoms with Crippen molar-refractivity contribution in [1.82, 2.24) is 9.97 Å². The van der Waals surface area contributed by atoms with E-state index in [0.717, 1.165) is 11.1 Å². The molecule has 2 rings (SSSR count). The van der Waals surface area contributed by atoms with Gasteiger partial charge in [0.2, 0.25) is 5.28 Å². The second kappa shape index (κ2) is 4.17. The standard InChI is InChI=1S/C11H8Cl2N2/c1-7-4-2-3-5-8(7)10-9(12)6-14-11(13)15-10/h2-6H,1H3. The van der Waals surface area contributed by atoms with Crippen molar-refractivity contribution in [2.24, 2.45) is 0 Å². The Hall–Kier alpha value is -1.12. The molecule has 0 atom stereocenters. The minimum absolute atomic E-state index is 0.206. The Morgan fingerprint density at radius 3 is 2.60 bits per heavy atom. The Morgan fingerprint density at radius 1 is 1.13 bits per heavy atom. The zero-order valence-electron chi connectivity index (χ0n) is 8.04. The van der Waals surface area contributed by atoms with Crippen LogP contribution in [-0.4, -0.2) is 9.97 Å². The molecule has 4 heteroatoms. The summed E-state index contributed by atoms with van der Waals surface area (Å²) >= 11 is 11.8. The largest absolute Gasteiger partial charge is 0.225 e. The maximum atomic E-state index is 6.02. The first-order valence-electron chi connectivity index (χ1n) is 4.42. The molecule has 0 fully saturated rings. The van der Waals surface area contributed by atoms with Crippen molar-refractivity contribution in [3.63, 3.8) is 0 Å². The maximum Gasteiger partial charge on any atom is 0.222 e. The summed E-state index contributed by atoms with van der Waals surface area (Å²) in [5, 5.41) is 0.714. The predicted molar refractivity (Wildman–Crippen MR) is 62.2 cm³/mol. The summed E-state index contributed by atoms with van der Waals surface area (Å²) in [6, 6.07) is 7.87. The molecule has 0 aliphatic carbocycles. The average molecular weight is 239 g/mol. The molecule has 0 saturated carbocycles. The molecule has 15 heavy (non-hydrogen) atoms. The van der Waals surface area contributed by atoms with Gasteiger partial charge >= 0.3 is 0 Å². The van der Waals surface area contributed by atoms with E-state index in [9.17, 15) is 0 Å². The minimum atomic E-state index is 0.206. The van der Waals surface area contributed by atoms with Gasteiger partial charge in [-0.15, -0.1) is 0 Å². The number of benzene rings is 1. The van der Waals surface area contributed by atoms with Crippen LogP contribution in [0, 0.1) is 6.92 Å². The second-order valence-corrected chi connectivity index (χ2v) is 3.90. The smallest absolute Gasteiger partial charge is 0.222 e. The van der Waals surface area contributed by atoms with Crippen LogP contribution in [0.3, 0.4) is 0 Å². The van der Waals surface area contributed by atoms with Crippen molar-refractivity contribution in [3.8, 4) is 11.3 Å². The molecule has 0 aliphatic heterocycles. The zero-order chi connectivity index (χ0) is 10.8. The highest BCUT2D eigenvalue weighted by Gasteiger charge is 2.08. The third-order valence-electron chi connectivity index (χ3n) is 2.11. The molecular formula is C11H8Cl2N2. The van der Waals surface area contributed by atoms with Gasteiger partial charge in [-0.1, -0.05) is 35.9 Å². The Labute approximate surface area is 97.9 Å². The predicted octanol–water partition coefficient (Wildman–Crippen LogP) is 3.76. The molecule has 1 aromatic carbocycles. The van der Waals surface area contributed by atoms with Crippen LogP contribution < -0.4 is 0 Å². The zero-order valence-corrected chi connectivity index (χ0v) is 9.55. The Balaban J connectivity index is 2.64. The third-order valence-corrected chi connectivity index (χ3v) is 2.57. The van der Waals surface area contributed by atoms with E-state index in [1.807, 2.05) is 31.2 Å². The molecule has 0 saturated heterocycles. The van der Waals surface area contributed by atoms with Gasteiger partial charge < -0.3 is 0 Å². The van der Waals surface area contributed by atoms with E-state index in [0.29, 0.717) is 10.7 Å². The van der Waals surface area contributed by atoms with E-state index in [4.69, 9.17) is 23.2 Å². The summed E-state index contributed by atoms with van der Waals surface area (Å²) in [6.45, 7) is 2.00. The van der Waals surface area contributed by atoms with E-state index >= 15 is 0 Å². The SMILES string of the molecule is Cc1ccccc1-c1nc(Cl)ncc1Cl. The van der Waals surface area contributed by atoms with Crippen molar-refractivity contribution in [3.05, 3.63) is 46.3 Å². The molecule has 0 spiro atoms. The molecule has 1 aromatic heterocycles. The highest BCUT2D eigenvalue weighted by molar-refractivity contribution is 6.33. The normalized spacial score (nSPS) is 10.3. The highest BCUT2D eigenvalue weighted by atomic mass is 35.5. The fourth-order valence-electron chi connectivity index (χ4n) is 1.37. The minimum Gasteiger partial charge on any atom is -0.225 e. The monoisotopic (exact) mass is 238 g/mol. The summed E-state index contributed by atoms with van der Waals surface area (Å²) in [7, 11) is 0. The molecule has 0 bridgehead atoms. The van der Waals surface area contributed by atoms with Crippen molar-refractivity contribution in [2.45, 2.75) is 6.92 Å². The van der Waals surface area contributed by atoms with Crippen molar-refractivity contribution in [1.29, 1.82) is 0 Å². The van der Waals surface area contributed by atoms with Crippen LogP contribution in [-0.2, 0) is 0 Å². The third kappa shape index (κ3) is 2.11. The fraction of sp³-hybridized carbons (Fsp3) is 0.0909. The lowest BCUT2D eigenvalue weighted by atomic mass is 10.1. The number of aromatic nitrogens is 2. The van der Waals surface area contributed by atoms with Gasteiger partial charge in [0.1, 0.15) is 0 Å². The number of hydrogen-bond donors (Lipinski definition) is 0. The van der Waals surface area contributed by atoms with Gasteiger partial charge in [-0.05, 0) is 24.1 Å². The van der Waals surface area contributed by atoms with E-state index in [2.05, 4.69) is 9.97 Å². The molecule has 0 N–H and O–H groups in total. The Kier molecular flexibility index (Phi) is 2.89. The molecule has 2 nitrogen and oxygen atoms in total. The Morgan fingerprint density at radius 2 is 1.87 bits per heavy atom. The van der Waals surface area contributed by atoms with E-state index in [1.54, 1.807) is 0 Å². The molecule has 0 aliphatic rings. The van der Waals surface area contributed by atoms with E-state index in [1.165, 1.54) is 6.20 Å². The van der Waals surface area contributed by atoms with Gasteiger partial charge in [-0.25, -0.2) is 9.97 Å². The summed E-state index contributed by atoms with van der Waals surface area (Å²) in [5.74, 6) is 0. The van der Waals surface area contributed by atoms with Crippen LogP contribution in [0.1, 0.15) is 5.56 Å². The summed E-state index contributed by atoms with van der Waals surface area (Å²) in [6.07, 6.45) is 1.51. The lowest BCUT2D eigenvalue weighted by Crippen LogP contribution is -1.90. The quantitative estimate of drug-likeness (QED) is 0.708. The van der Waals surface area contributed by atoms with Crippen molar-refractivity contribution in [2.75, 3.05) is 0 Å². The van der Waals surface area contributed by atoms with Crippen LogP contribution in [0.4, 0.5) is 0 Å². The maximum absolute atomic E-state index is 6.02. The average Bonchev–Trinajstić information content (AvgIpc) is 2.23. The number of hydrogen-bond acceptors (Lipinski definition) is 2. The lowest BCUT2D eigenvalue weighted by Gasteiger charge is -2.06. The van der Waals surface area contributed by atoms with Crippen LogP contribution in [0.25, 0.3) is 11.3 Å². The summed E-state index contributed by atoms with van der Waals surface area (Å²) < 4.78 is 0. The van der Waals surface area contributed by atoms with E-state index < -0.39 is 0 Å². The molecule has 2 aromatic rings. The Bertz CT molecular complexity index is 498. The molecular weight excluding hydrogens is 231 g/mol. The first kappa shape index (κ1) is 10.4. The molecule has 0 amide bonds. The van der Waals surface area contributed by atoms with Crippen molar-refractivity contribution < 1.29 is 0 Å². The first-order valence-corrected chi connectivity index (χ1v) is 5.18. The second-order valence-electron chi connectivity index (χ2n) is 3.15. The molecule has 1 heterocycles. The van der Waals surface area contributed by atoms with Crippen molar-refractivity contribution >= 4 is 23.2 Å². The van der Waals surface area contributed by atoms with Gasteiger partial charge in [0.05, 0.1) is 16.9 Å². The van der Waals surface area contributed by atoms with Gasteiger partial charge in [0.15, 0.2) is 0 Å². The van der Waals surface area contributed by atoms with Crippen LogP contribution in [0.2, 0.25) is 10.3 Å². The summed E-state index contributed by atoms with van der Waals surface area (Å²) in [4.78, 5) is 7.94.